The standard InChI is InChI=1S/C15H23NO3/c1-4-11(3)16-15(18)10-19-13-8-6-12(7-9-13)14(17)5-2/h6-9,11,14,17H,4-5,10H2,1-3H3,(H,16,18). The molecule has 2 unspecified atom stereocenters. The fraction of sp³-hybridized carbons (Fsp3) is 0.533. The molecule has 0 saturated carbocycles. The second-order valence-electron chi connectivity index (χ2n) is 4.66. The monoisotopic (exact) mass is 265 g/mol. The maximum Gasteiger partial charge on any atom is 0.258 e. The van der Waals surface area contributed by atoms with Crippen molar-refractivity contribution in [2.24, 2.45) is 0 Å². The minimum atomic E-state index is -0.442. The van der Waals surface area contributed by atoms with Crippen LogP contribution in [-0.2, 0) is 4.79 Å². The van der Waals surface area contributed by atoms with Crippen LogP contribution in [0.15, 0.2) is 24.3 Å². The van der Waals surface area contributed by atoms with E-state index in [1.54, 1.807) is 12.1 Å². The number of rotatable bonds is 7. The smallest absolute Gasteiger partial charge is 0.258 e. The number of aliphatic hydroxyl groups is 1. The summed E-state index contributed by atoms with van der Waals surface area (Å²) in [5.41, 5.74) is 0.860. The van der Waals surface area contributed by atoms with E-state index in [9.17, 15) is 9.90 Å². The highest BCUT2D eigenvalue weighted by Crippen LogP contribution is 2.19. The Kier molecular flexibility index (Phi) is 6.36. The fourth-order valence-corrected chi connectivity index (χ4v) is 1.59. The molecule has 4 heteroatoms. The third kappa shape index (κ3) is 5.30. The van der Waals surface area contributed by atoms with Gasteiger partial charge < -0.3 is 15.2 Å². The van der Waals surface area contributed by atoms with Gasteiger partial charge in [-0.05, 0) is 37.5 Å². The van der Waals surface area contributed by atoms with Crippen molar-refractivity contribution in [2.75, 3.05) is 6.61 Å². The summed E-state index contributed by atoms with van der Waals surface area (Å²) in [6, 6.07) is 7.33. The Morgan fingerprint density at radius 3 is 2.42 bits per heavy atom. The molecule has 1 aromatic rings. The lowest BCUT2D eigenvalue weighted by molar-refractivity contribution is -0.123. The maximum atomic E-state index is 11.5. The summed E-state index contributed by atoms with van der Waals surface area (Å²) >= 11 is 0. The van der Waals surface area contributed by atoms with E-state index < -0.39 is 6.10 Å². The summed E-state index contributed by atoms with van der Waals surface area (Å²) in [6.45, 7) is 5.91. The number of carbonyl (C=O) groups excluding carboxylic acids is 1. The molecule has 0 spiro atoms. The van der Waals surface area contributed by atoms with Crippen LogP contribution in [0, 0.1) is 0 Å². The van der Waals surface area contributed by atoms with Crippen LogP contribution in [0.3, 0.4) is 0 Å². The number of carbonyl (C=O) groups is 1. The number of hydrogen-bond donors (Lipinski definition) is 2. The molecular weight excluding hydrogens is 242 g/mol. The van der Waals surface area contributed by atoms with Gasteiger partial charge in [0.1, 0.15) is 5.75 Å². The second kappa shape index (κ2) is 7.79. The van der Waals surface area contributed by atoms with Crippen molar-refractivity contribution in [3.05, 3.63) is 29.8 Å². The highest BCUT2D eigenvalue weighted by Gasteiger charge is 2.07. The molecule has 0 saturated heterocycles. The van der Waals surface area contributed by atoms with Crippen molar-refractivity contribution in [1.29, 1.82) is 0 Å². The Balaban J connectivity index is 2.43. The molecule has 0 aliphatic heterocycles. The molecule has 2 atom stereocenters. The summed E-state index contributed by atoms with van der Waals surface area (Å²) < 4.78 is 5.39. The van der Waals surface area contributed by atoms with Gasteiger partial charge >= 0.3 is 0 Å². The van der Waals surface area contributed by atoms with Gasteiger partial charge in [-0.1, -0.05) is 26.0 Å². The van der Waals surface area contributed by atoms with Crippen LogP contribution in [0.25, 0.3) is 0 Å². The highest BCUT2D eigenvalue weighted by molar-refractivity contribution is 5.77. The van der Waals surface area contributed by atoms with E-state index in [0.717, 1.165) is 12.0 Å². The van der Waals surface area contributed by atoms with E-state index in [0.29, 0.717) is 12.2 Å². The maximum absolute atomic E-state index is 11.5. The van der Waals surface area contributed by atoms with Gasteiger partial charge in [-0.2, -0.15) is 0 Å². The van der Waals surface area contributed by atoms with E-state index in [-0.39, 0.29) is 18.6 Å². The molecule has 0 radical (unpaired) electrons. The van der Waals surface area contributed by atoms with Gasteiger partial charge in [0, 0.05) is 6.04 Å². The number of hydrogen-bond acceptors (Lipinski definition) is 3. The van der Waals surface area contributed by atoms with Gasteiger partial charge in [-0.3, -0.25) is 4.79 Å². The van der Waals surface area contributed by atoms with Crippen LogP contribution in [-0.4, -0.2) is 23.7 Å². The molecule has 2 N–H and O–H groups in total. The number of amides is 1. The number of nitrogens with one attached hydrogen (secondary N) is 1. The third-order valence-electron chi connectivity index (χ3n) is 3.04. The molecule has 0 aromatic heterocycles. The van der Waals surface area contributed by atoms with Crippen LogP contribution in [0.1, 0.15) is 45.3 Å². The van der Waals surface area contributed by atoms with Crippen molar-refractivity contribution < 1.29 is 14.6 Å². The Hall–Kier alpha value is -1.55. The zero-order chi connectivity index (χ0) is 14.3. The molecular formula is C15H23NO3. The van der Waals surface area contributed by atoms with Gasteiger partial charge in [-0.25, -0.2) is 0 Å². The SMILES string of the molecule is CCC(C)NC(=O)COc1ccc(C(O)CC)cc1. The zero-order valence-electron chi connectivity index (χ0n) is 11.8. The van der Waals surface area contributed by atoms with E-state index in [4.69, 9.17) is 4.74 Å². The molecule has 106 valence electrons. The van der Waals surface area contributed by atoms with Crippen LogP contribution in [0.4, 0.5) is 0 Å². The molecule has 4 nitrogen and oxygen atoms in total. The zero-order valence-corrected chi connectivity index (χ0v) is 11.8. The Bertz CT molecular complexity index is 389. The van der Waals surface area contributed by atoms with Gasteiger partial charge in [0.05, 0.1) is 6.10 Å². The molecule has 1 rings (SSSR count). The van der Waals surface area contributed by atoms with Gasteiger partial charge in [0.25, 0.3) is 5.91 Å². The Morgan fingerprint density at radius 1 is 1.26 bits per heavy atom. The first-order valence-electron chi connectivity index (χ1n) is 6.77. The molecule has 0 bridgehead atoms. The summed E-state index contributed by atoms with van der Waals surface area (Å²) in [4.78, 5) is 11.5. The summed E-state index contributed by atoms with van der Waals surface area (Å²) in [5.74, 6) is 0.512. The number of ether oxygens (including phenoxy) is 1. The second-order valence-corrected chi connectivity index (χ2v) is 4.66. The van der Waals surface area contributed by atoms with Crippen molar-refractivity contribution in [3.63, 3.8) is 0 Å². The third-order valence-corrected chi connectivity index (χ3v) is 3.04. The van der Waals surface area contributed by atoms with Crippen LogP contribution < -0.4 is 10.1 Å². The number of benzene rings is 1. The van der Waals surface area contributed by atoms with E-state index in [2.05, 4.69) is 5.32 Å². The molecule has 0 aliphatic carbocycles. The van der Waals surface area contributed by atoms with E-state index in [1.165, 1.54) is 0 Å². The minimum absolute atomic E-state index is 0.0139. The molecule has 0 heterocycles. The molecule has 19 heavy (non-hydrogen) atoms. The quantitative estimate of drug-likeness (QED) is 0.796. The summed E-state index contributed by atoms with van der Waals surface area (Å²) in [7, 11) is 0. The van der Waals surface area contributed by atoms with Crippen LogP contribution in [0.5, 0.6) is 5.75 Å². The Labute approximate surface area is 114 Å². The highest BCUT2D eigenvalue weighted by atomic mass is 16.5. The van der Waals surface area contributed by atoms with E-state index >= 15 is 0 Å². The first-order chi connectivity index (χ1) is 9.06. The average Bonchev–Trinajstić information content (AvgIpc) is 2.44. The number of aliphatic hydroxyl groups excluding tert-OH is 1. The van der Waals surface area contributed by atoms with Crippen molar-refractivity contribution >= 4 is 5.91 Å². The Morgan fingerprint density at radius 2 is 1.89 bits per heavy atom. The van der Waals surface area contributed by atoms with Crippen LogP contribution >= 0.6 is 0 Å². The van der Waals surface area contributed by atoms with Crippen molar-refractivity contribution in [1.82, 2.24) is 5.32 Å². The largest absolute Gasteiger partial charge is 0.484 e. The lowest BCUT2D eigenvalue weighted by atomic mass is 10.1. The van der Waals surface area contributed by atoms with Crippen molar-refractivity contribution in [2.45, 2.75) is 45.8 Å². The summed E-state index contributed by atoms with van der Waals surface area (Å²) in [5, 5.41) is 12.5. The predicted octanol–water partition coefficient (Wildman–Crippen LogP) is 2.42. The lowest BCUT2D eigenvalue weighted by Gasteiger charge is -2.13. The van der Waals surface area contributed by atoms with Gasteiger partial charge in [-0.15, -0.1) is 0 Å². The predicted molar refractivity (Wildman–Crippen MR) is 75.1 cm³/mol. The normalized spacial score (nSPS) is 13.7. The fourth-order valence-electron chi connectivity index (χ4n) is 1.59. The molecule has 0 fully saturated rings. The van der Waals surface area contributed by atoms with E-state index in [1.807, 2.05) is 32.9 Å². The van der Waals surface area contributed by atoms with Gasteiger partial charge in [0.2, 0.25) is 0 Å². The minimum Gasteiger partial charge on any atom is -0.484 e. The molecule has 1 amide bonds. The molecule has 1 aromatic carbocycles. The first-order valence-corrected chi connectivity index (χ1v) is 6.77. The molecule has 0 aliphatic rings. The lowest BCUT2D eigenvalue weighted by Crippen LogP contribution is -2.35. The van der Waals surface area contributed by atoms with Crippen molar-refractivity contribution in [3.8, 4) is 5.75 Å². The van der Waals surface area contributed by atoms with Gasteiger partial charge in [0.15, 0.2) is 6.61 Å². The average molecular weight is 265 g/mol. The van der Waals surface area contributed by atoms with Crippen LogP contribution in [0.2, 0.25) is 0 Å². The summed E-state index contributed by atoms with van der Waals surface area (Å²) in [6.07, 6.45) is 1.13. The topological polar surface area (TPSA) is 58.6 Å². The first kappa shape index (κ1) is 15.5.